The molecular weight excluding hydrogens is 366 g/mol. The van der Waals surface area contributed by atoms with Crippen molar-refractivity contribution in [3.8, 4) is 5.75 Å². The zero-order valence-electron chi connectivity index (χ0n) is 14.1. The van der Waals surface area contributed by atoms with Gasteiger partial charge in [-0.1, -0.05) is 48.0 Å². The van der Waals surface area contributed by atoms with Gasteiger partial charge in [0.15, 0.2) is 0 Å². The van der Waals surface area contributed by atoms with Gasteiger partial charge in [0.25, 0.3) is 11.8 Å². The number of nitrogens with one attached hydrogen (secondary N) is 2. The molecule has 3 aromatic rings. The van der Waals surface area contributed by atoms with Gasteiger partial charge >= 0.3 is 0 Å². The van der Waals surface area contributed by atoms with Gasteiger partial charge in [0.1, 0.15) is 5.75 Å². The second-order valence-corrected chi connectivity index (χ2v) is 6.14. The first-order chi connectivity index (χ1) is 13.0. The predicted octanol–water partition coefficient (Wildman–Crippen LogP) is 3.08. The molecule has 0 bridgehead atoms. The van der Waals surface area contributed by atoms with E-state index >= 15 is 0 Å². The summed E-state index contributed by atoms with van der Waals surface area (Å²) in [7, 11) is 0. The molecule has 0 unspecified atom stereocenters. The van der Waals surface area contributed by atoms with Crippen molar-refractivity contribution in [2.75, 3.05) is 6.54 Å². The van der Waals surface area contributed by atoms with Crippen LogP contribution in [0.3, 0.4) is 0 Å². The van der Waals surface area contributed by atoms with Gasteiger partial charge in [0.05, 0.1) is 12.8 Å². The van der Waals surface area contributed by atoms with E-state index in [1.54, 1.807) is 30.3 Å². The third-order valence-corrected chi connectivity index (χ3v) is 4.06. The first-order valence-electron chi connectivity index (χ1n) is 8.11. The number of rotatable bonds is 5. The highest BCUT2D eigenvalue weighted by Crippen LogP contribution is 2.25. The summed E-state index contributed by atoms with van der Waals surface area (Å²) in [6.07, 6.45) is 1.37. The minimum Gasteiger partial charge on any atom is -0.507 e. The summed E-state index contributed by atoms with van der Waals surface area (Å²) in [6, 6.07) is 17.3. The number of hydrazone groups is 1. The summed E-state index contributed by atoms with van der Waals surface area (Å²) >= 11 is 5.83. The van der Waals surface area contributed by atoms with E-state index in [2.05, 4.69) is 15.8 Å². The Morgan fingerprint density at radius 1 is 1.07 bits per heavy atom. The number of amides is 2. The molecule has 0 atom stereocenters. The van der Waals surface area contributed by atoms with E-state index in [1.807, 2.05) is 24.3 Å². The van der Waals surface area contributed by atoms with Gasteiger partial charge < -0.3 is 10.4 Å². The van der Waals surface area contributed by atoms with Crippen molar-refractivity contribution in [1.29, 1.82) is 0 Å². The molecule has 0 aliphatic carbocycles. The van der Waals surface area contributed by atoms with Crippen LogP contribution >= 0.6 is 11.6 Å². The molecular formula is C20H16ClN3O3. The number of halogens is 1. The van der Waals surface area contributed by atoms with Crippen molar-refractivity contribution in [1.82, 2.24) is 10.7 Å². The van der Waals surface area contributed by atoms with E-state index in [4.69, 9.17) is 11.6 Å². The third kappa shape index (κ3) is 4.62. The Balaban J connectivity index is 1.60. The molecule has 3 rings (SSSR count). The number of benzene rings is 3. The van der Waals surface area contributed by atoms with Gasteiger partial charge in [-0.2, -0.15) is 5.10 Å². The van der Waals surface area contributed by atoms with Crippen LogP contribution in [0.2, 0.25) is 5.02 Å². The number of phenolic OH excluding ortho intramolecular Hbond substituents is 1. The van der Waals surface area contributed by atoms with Gasteiger partial charge in [-0.15, -0.1) is 0 Å². The number of carbonyl (C=O) groups is 2. The van der Waals surface area contributed by atoms with Crippen LogP contribution in [-0.4, -0.2) is 29.7 Å². The fourth-order valence-corrected chi connectivity index (χ4v) is 2.71. The Morgan fingerprint density at radius 3 is 2.70 bits per heavy atom. The van der Waals surface area contributed by atoms with Gasteiger partial charge in [-0.05, 0) is 35.0 Å². The van der Waals surface area contributed by atoms with Gasteiger partial charge in [0, 0.05) is 16.1 Å². The normalized spacial score (nSPS) is 10.9. The molecule has 0 saturated carbocycles. The second-order valence-electron chi connectivity index (χ2n) is 5.71. The highest BCUT2D eigenvalue weighted by molar-refractivity contribution is 6.31. The maximum Gasteiger partial charge on any atom is 0.259 e. The van der Waals surface area contributed by atoms with E-state index in [0.717, 1.165) is 10.8 Å². The number of fused-ring (bicyclic) bond motifs is 1. The van der Waals surface area contributed by atoms with E-state index < -0.39 is 11.8 Å². The molecule has 2 amide bonds. The summed E-state index contributed by atoms with van der Waals surface area (Å²) in [4.78, 5) is 23.8. The summed E-state index contributed by atoms with van der Waals surface area (Å²) in [6.45, 7) is -0.246. The number of carbonyl (C=O) groups excluding carboxylic acids is 2. The van der Waals surface area contributed by atoms with E-state index in [0.29, 0.717) is 16.1 Å². The quantitative estimate of drug-likeness (QED) is 0.468. The highest BCUT2D eigenvalue weighted by atomic mass is 35.5. The average molecular weight is 382 g/mol. The molecule has 7 heteroatoms. The standard InChI is InChI=1S/C20H16ClN3O3/c21-15-6-3-5-14(10-15)20(27)22-12-19(26)24-23-11-17-16-7-2-1-4-13(16)8-9-18(17)25/h1-11,25H,12H2,(H,22,27)(H,24,26). The van der Waals surface area contributed by atoms with Gasteiger partial charge in [-0.25, -0.2) is 5.43 Å². The SMILES string of the molecule is O=C(CNC(=O)c1cccc(Cl)c1)NN=Cc1c(O)ccc2ccccc12. The van der Waals surface area contributed by atoms with Crippen molar-refractivity contribution in [3.63, 3.8) is 0 Å². The minimum atomic E-state index is -0.499. The Labute approximate surface area is 160 Å². The molecule has 0 aromatic heterocycles. The maximum atomic E-state index is 12.0. The fraction of sp³-hybridized carbons (Fsp3) is 0.0500. The number of aromatic hydroxyl groups is 1. The minimum absolute atomic E-state index is 0.0564. The number of phenols is 1. The lowest BCUT2D eigenvalue weighted by Crippen LogP contribution is -2.34. The molecule has 3 aromatic carbocycles. The smallest absolute Gasteiger partial charge is 0.259 e. The Kier molecular flexibility index (Phi) is 5.68. The third-order valence-electron chi connectivity index (χ3n) is 3.83. The Hall–Kier alpha value is -3.38. The predicted molar refractivity (Wildman–Crippen MR) is 105 cm³/mol. The number of hydrogen-bond acceptors (Lipinski definition) is 4. The van der Waals surface area contributed by atoms with Crippen molar-refractivity contribution in [2.45, 2.75) is 0 Å². The van der Waals surface area contributed by atoms with Crippen LogP contribution in [0.15, 0.2) is 65.8 Å². The molecule has 27 heavy (non-hydrogen) atoms. The first-order valence-corrected chi connectivity index (χ1v) is 8.49. The van der Waals surface area contributed by atoms with Crippen molar-refractivity contribution < 1.29 is 14.7 Å². The molecule has 3 N–H and O–H groups in total. The van der Waals surface area contributed by atoms with Crippen LogP contribution in [0.1, 0.15) is 15.9 Å². The molecule has 0 spiro atoms. The zero-order chi connectivity index (χ0) is 19.2. The van der Waals surface area contributed by atoms with Crippen LogP contribution in [-0.2, 0) is 4.79 Å². The molecule has 0 saturated heterocycles. The molecule has 6 nitrogen and oxygen atoms in total. The van der Waals surface area contributed by atoms with Crippen LogP contribution in [0.5, 0.6) is 5.75 Å². The fourth-order valence-electron chi connectivity index (χ4n) is 2.52. The van der Waals surface area contributed by atoms with E-state index in [1.165, 1.54) is 12.3 Å². The van der Waals surface area contributed by atoms with Gasteiger partial charge in [-0.3, -0.25) is 9.59 Å². The molecule has 136 valence electrons. The van der Waals surface area contributed by atoms with Crippen LogP contribution in [0.4, 0.5) is 0 Å². The van der Waals surface area contributed by atoms with Crippen LogP contribution in [0.25, 0.3) is 10.8 Å². The number of hydrogen-bond donors (Lipinski definition) is 3. The summed E-state index contributed by atoms with van der Waals surface area (Å²) in [5.74, 6) is -0.856. The molecule has 0 heterocycles. The monoisotopic (exact) mass is 381 g/mol. The average Bonchev–Trinajstić information content (AvgIpc) is 2.68. The topological polar surface area (TPSA) is 90.8 Å². The van der Waals surface area contributed by atoms with Crippen LogP contribution < -0.4 is 10.7 Å². The summed E-state index contributed by atoms with van der Waals surface area (Å²) in [5, 5.41) is 18.6. The Morgan fingerprint density at radius 2 is 1.89 bits per heavy atom. The first kappa shape index (κ1) is 18.4. The lowest BCUT2D eigenvalue weighted by atomic mass is 10.0. The highest BCUT2D eigenvalue weighted by Gasteiger charge is 2.08. The second kappa shape index (κ2) is 8.33. The molecule has 0 fully saturated rings. The van der Waals surface area contributed by atoms with Crippen molar-refractivity contribution in [2.24, 2.45) is 5.10 Å². The zero-order valence-corrected chi connectivity index (χ0v) is 14.9. The summed E-state index contributed by atoms with van der Waals surface area (Å²) in [5.41, 5.74) is 3.18. The van der Waals surface area contributed by atoms with Crippen LogP contribution in [0, 0.1) is 0 Å². The van der Waals surface area contributed by atoms with E-state index in [-0.39, 0.29) is 12.3 Å². The van der Waals surface area contributed by atoms with Gasteiger partial charge in [0.2, 0.25) is 0 Å². The largest absolute Gasteiger partial charge is 0.507 e. The summed E-state index contributed by atoms with van der Waals surface area (Å²) < 4.78 is 0. The Bertz CT molecular complexity index is 1030. The maximum absolute atomic E-state index is 12.0. The molecule has 0 aliphatic rings. The number of nitrogens with zero attached hydrogens (tertiary/aromatic N) is 1. The molecule has 0 radical (unpaired) electrons. The van der Waals surface area contributed by atoms with E-state index in [9.17, 15) is 14.7 Å². The van der Waals surface area contributed by atoms with Crippen molar-refractivity contribution in [3.05, 3.63) is 76.8 Å². The lowest BCUT2D eigenvalue weighted by Gasteiger charge is -2.06. The molecule has 0 aliphatic heterocycles. The van der Waals surface area contributed by atoms with Crippen molar-refractivity contribution >= 4 is 40.4 Å². The lowest BCUT2D eigenvalue weighted by molar-refractivity contribution is -0.120.